The molecule has 4 rings (SSSR count). The molecule has 1 unspecified atom stereocenters. The molecule has 1 amide bonds. The van der Waals surface area contributed by atoms with Crippen molar-refractivity contribution in [1.29, 1.82) is 0 Å². The highest BCUT2D eigenvalue weighted by molar-refractivity contribution is 5.93. The van der Waals surface area contributed by atoms with Gasteiger partial charge >= 0.3 is 0 Å². The van der Waals surface area contributed by atoms with E-state index in [0.717, 1.165) is 55.1 Å². The van der Waals surface area contributed by atoms with Crippen molar-refractivity contribution in [3.63, 3.8) is 0 Å². The second-order valence-electron chi connectivity index (χ2n) is 7.29. The number of piperidine rings is 1. The molecule has 1 aliphatic heterocycles. The number of hydrogen-bond donors (Lipinski definition) is 1. The van der Waals surface area contributed by atoms with Gasteiger partial charge in [0, 0.05) is 42.0 Å². The second-order valence-corrected chi connectivity index (χ2v) is 7.29. The van der Waals surface area contributed by atoms with Crippen molar-refractivity contribution in [2.45, 2.75) is 25.3 Å². The Morgan fingerprint density at radius 1 is 1.11 bits per heavy atom. The minimum atomic E-state index is -0.421. The lowest BCUT2D eigenvalue weighted by Crippen LogP contribution is -2.34. The van der Waals surface area contributed by atoms with Gasteiger partial charge < -0.3 is 5.73 Å². The molecular formula is C23H24N4O. The van der Waals surface area contributed by atoms with Crippen LogP contribution in [0.5, 0.6) is 0 Å². The molecular weight excluding hydrogens is 348 g/mol. The van der Waals surface area contributed by atoms with Gasteiger partial charge in [0.25, 0.3) is 0 Å². The van der Waals surface area contributed by atoms with E-state index in [1.807, 2.05) is 48.7 Å². The molecule has 5 nitrogen and oxygen atoms in total. The predicted molar refractivity (Wildman–Crippen MR) is 110 cm³/mol. The zero-order valence-electron chi connectivity index (χ0n) is 15.8. The monoisotopic (exact) mass is 372 g/mol. The van der Waals surface area contributed by atoms with Crippen LogP contribution in [0.2, 0.25) is 0 Å². The summed E-state index contributed by atoms with van der Waals surface area (Å²) in [5, 5.41) is 0. The van der Waals surface area contributed by atoms with Gasteiger partial charge in [-0.2, -0.15) is 0 Å². The van der Waals surface area contributed by atoms with Crippen LogP contribution in [0, 0.1) is 0 Å². The average Bonchev–Trinajstić information content (AvgIpc) is 2.75. The number of likely N-dealkylation sites (tertiary alicyclic amines) is 1. The van der Waals surface area contributed by atoms with Crippen LogP contribution in [-0.4, -0.2) is 33.9 Å². The molecule has 0 radical (unpaired) electrons. The molecule has 2 N–H and O–H groups in total. The van der Waals surface area contributed by atoms with Gasteiger partial charge in [-0.3, -0.25) is 19.7 Å². The number of carbonyl (C=O) groups is 1. The third-order valence-electron chi connectivity index (χ3n) is 5.25. The highest BCUT2D eigenvalue weighted by atomic mass is 16.1. The Morgan fingerprint density at radius 2 is 2.00 bits per heavy atom. The molecule has 1 aliphatic rings. The van der Waals surface area contributed by atoms with Crippen molar-refractivity contribution in [2.75, 3.05) is 13.1 Å². The standard InChI is InChI=1S/C23H24N4O/c24-23(28)18-7-3-6-17(14-18)21-10-4-11-22(26-21)19-8-5-13-27(15-19)16-20-9-1-2-12-25-20/h1-4,6-7,9-12,14,19H,5,8,13,15-16H2,(H2,24,28). The third kappa shape index (κ3) is 4.26. The lowest BCUT2D eigenvalue weighted by molar-refractivity contribution is 0.100. The Balaban J connectivity index is 1.52. The van der Waals surface area contributed by atoms with E-state index in [-0.39, 0.29) is 0 Å². The van der Waals surface area contributed by atoms with Gasteiger partial charge in [0.05, 0.1) is 11.4 Å². The number of benzene rings is 1. The fourth-order valence-corrected chi connectivity index (χ4v) is 3.83. The molecule has 0 aliphatic carbocycles. The van der Waals surface area contributed by atoms with E-state index >= 15 is 0 Å². The summed E-state index contributed by atoms with van der Waals surface area (Å²) in [7, 11) is 0. The Morgan fingerprint density at radius 3 is 2.82 bits per heavy atom. The van der Waals surface area contributed by atoms with Crippen LogP contribution in [0.25, 0.3) is 11.3 Å². The van der Waals surface area contributed by atoms with E-state index in [0.29, 0.717) is 11.5 Å². The van der Waals surface area contributed by atoms with Gasteiger partial charge in [-0.15, -0.1) is 0 Å². The summed E-state index contributed by atoms with van der Waals surface area (Å²) in [6, 6.07) is 19.6. The number of nitrogens with zero attached hydrogens (tertiary/aromatic N) is 3. The van der Waals surface area contributed by atoms with Crippen molar-refractivity contribution in [3.8, 4) is 11.3 Å². The maximum Gasteiger partial charge on any atom is 0.248 e. The molecule has 5 heteroatoms. The summed E-state index contributed by atoms with van der Waals surface area (Å²) in [4.78, 5) is 23.3. The molecule has 1 fully saturated rings. The fourth-order valence-electron chi connectivity index (χ4n) is 3.83. The van der Waals surface area contributed by atoms with E-state index < -0.39 is 5.91 Å². The van der Waals surface area contributed by atoms with E-state index in [2.05, 4.69) is 22.0 Å². The van der Waals surface area contributed by atoms with Crippen LogP contribution in [0.3, 0.4) is 0 Å². The quantitative estimate of drug-likeness (QED) is 0.742. The Labute approximate surface area is 165 Å². The van der Waals surface area contributed by atoms with Crippen LogP contribution in [0.4, 0.5) is 0 Å². The van der Waals surface area contributed by atoms with Crippen molar-refractivity contribution in [2.24, 2.45) is 5.73 Å². The van der Waals surface area contributed by atoms with Gasteiger partial charge in [-0.25, -0.2) is 0 Å². The predicted octanol–water partition coefficient (Wildman–Crippen LogP) is 3.62. The number of primary amides is 1. The average molecular weight is 372 g/mol. The first kappa shape index (κ1) is 18.3. The first-order chi connectivity index (χ1) is 13.7. The number of aromatic nitrogens is 2. The summed E-state index contributed by atoms with van der Waals surface area (Å²) in [6.45, 7) is 2.94. The van der Waals surface area contributed by atoms with Gasteiger partial charge in [0.1, 0.15) is 0 Å². The lowest BCUT2D eigenvalue weighted by atomic mass is 9.93. The summed E-state index contributed by atoms with van der Waals surface area (Å²) in [5.41, 5.74) is 9.92. The zero-order chi connectivity index (χ0) is 19.3. The van der Waals surface area contributed by atoms with Crippen molar-refractivity contribution >= 4 is 5.91 Å². The van der Waals surface area contributed by atoms with Crippen LogP contribution in [0.1, 0.15) is 40.5 Å². The summed E-state index contributed by atoms with van der Waals surface area (Å²) < 4.78 is 0. The van der Waals surface area contributed by atoms with Gasteiger partial charge in [-0.05, 0) is 55.8 Å². The fraction of sp³-hybridized carbons (Fsp3) is 0.261. The summed E-state index contributed by atoms with van der Waals surface area (Å²) in [6.07, 6.45) is 4.14. The van der Waals surface area contributed by atoms with Crippen molar-refractivity contribution < 1.29 is 4.79 Å². The van der Waals surface area contributed by atoms with E-state index in [4.69, 9.17) is 10.7 Å². The van der Waals surface area contributed by atoms with Gasteiger partial charge in [-0.1, -0.05) is 24.3 Å². The van der Waals surface area contributed by atoms with Crippen molar-refractivity contribution in [3.05, 3.63) is 83.8 Å². The Kier molecular flexibility index (Phi) is 5.44. The smallest absolute Gasteiger partial charge is 0.248 e. The van der Waals surface area contributed by atoms with E-state index in [9.17, 15) is 4.79 Å². The van der Waals surface area contributed by atoms with Crippen LogP contribution < -0.4 is 5.73 Å². The van der Waals surface area contributed by atoms with Crippen molar-refractivity contribution in [1.82, 2.24) is 14.9 Å². The van der Waals surface area contributed by atoms with Crippen LogP contribution in [-0.2, 0) is 6.54 Å². The molecule has 0 bridgehead atoms. The number of nitrogens with two attached hydrogens (primary N) is 1. The minimum Gasteiger partial charge on any atom is -0.366 e. The molecule has 0 spiro atoms. The molecule has 0 saturated carbocycles. The van der Waals surface area contributed by atoms with E-state index in [1.165, 1.54) is 0 Å². The Bertz CT molecular complexity index is 958. The normalized spacial score (nSPS) is 17.4. The van der Waals surface area contributed by atoms with Gasteiger partial charge in [0.2, 0.25) is 5.91 Å². The molecule has 1 saturated heterocycles. The Hall–Kier alpha value is -3.05. The molecule has 1 aromatic carbocycles. The number of pyridine rings is 2. The topological polar surface area (TPSA) is 72.1 Å². The molecule has 28 heavy (non-hydrogen) atoms. The van der Waals surface area contributed by atoms with E-state index in [1.54, 1.807) is 6.07 Å². The SMILES string of the molecule is NC(=O)c1cccc(-c2cccc(C3CCCN(Cc4ccccn4)C3)n2)c1. The third-order valence-corrected chi connectivity index (χ3v) is 5.25. The number of carbonyl (C=O) groups excluding carboxylic acids is 1. The molecule has 3 aromatic rings. The largest absolute Gasteiger partial charge is 0.366 e. The first-order valence-corrected chi connectivity index (χ1v) is 9.68. The number of rotatable bonds is 5. The van der Waals surface area contributed by atoms with Gasteiger partial charge in [0.15, 0.2) is 0 Å². The maximum atomic E-state index is 11.5. The summed E-state index contributed by atoms with van der Waals surface area (Å²) in [5.74, 6) is -0.0211. The zero-order valence-corrected chi connectivity index (χ0v) is 15.8. The molecule has 1 atom stereocenters. The highest BCUT2D eigenvalue weighted by Crippen LogP contribution is 2.28. The molecule has 142 valence electrons. The lowest BCUT2D eigenvalue weighted by Gasteiger charge is -2.32. The molecule has 2 aromatic heterocycles. The van der Waals surface area contributed by atoms with Crippen LogP contribution >= 0.6 is 0 Å². The minimum absolute atomic E-state index is 0.400. The first-order valence-electron chi connectivity index (χ1n) is 9.68. The maximum absolute atomic E-state index is 11.5. The molecule has 3 heterocycles. The number of hydrogen-bond acceptors (Lipinski definition) is 4. The highest BCUT2D eigenvalue weighted by Gasteiger charge is 2.23. The number of amides is 1. The second kappa shape index (κ2) is 8.31. The van der Waals surface area contributed by atoms with Crippen LogP contribution in [0.15, 0.2) is 66.9 Å². The summed E-state index contributed by atoms with van der Waals surface area (Å²) >= 11 is 0.